The Bertz CT molecular complexity index is 1140. The van der Waals surface area contributed by atoms with Crippen LogP contribution in [-0.4, -0.2) is 59.7 Å². The minimum absolute atomic E-state index is 0.0817. The second-order valence-electron chi connectivity index (χ2n) is 9.19. The molecule has 0 bridgehead atoms. The van der Waals surface area contributed by atoms with Crippen LogP contribution in [0.4, 0.5) is 11.4 Å². The number of carbonyl (C=O) groups excluding carboxylic acids is 2. The van der Waals surface area contributed by atoms with Crippen LogP contribution in [0.15, 0.2) is 53.1 Å². The highest BCUT2D eigenvalue weighted by atomic mass is 16.5. The van der Waals surface area contributed by atoms with Gasteiger partial charge in [0.2, 0.25) is 5.91 Å². The molecule has 178 valence electrons. The number of amides is 2. The lowest BCUT2D eigenvalue weighted by molar-refractivity contribution is -0.118. The summed E-state index contributed by atoms with van der Waals surface area (Å²) in [5.41, 5.74) is 1.99. The Morgan fingerprint density at radius 2 is 1.62 bits per heavy atom. The van der Waals surface area contributed by atoms with Gasteiger partial charge in [0.25, 0.3) is 11.8 Å². The summed E-state index contributed by atoms with van der Waals surface area (Å²) >= 11 is 0. The van der Waals surface area contributed by atoms with Gasteiger partial charge in [-0.15, -0.1) is 0 Å². The summed E-state index contributed by atoms with van der Waals surface area (Å²) in [7, 11) is 0. The molecule has 1 fully saturated rings. The zero-order chi connectivity index (χ0) is 24.1. The molecule has 0 saturated carbocycles. The molecule has 1 aliphatic heterocycles. The Kier molecular flexibility index (Phi) is 7.04. The molecule has 1 aliphatic rings. The molecule has 2 aromatic carbocycles. The largest absolute Gasteiger partial charge is 0.379 e. The highest BCUT2D eigenvalue weighted by molar-refractivity contribution is 6.08. The molecule has 0 unspecified atom stereocenters. The third-order valence-corrected chi connectivity index (χ3v) is 5.40. The van der Waals surface area contributed by atoms with Gasteiger partial charge in [-0.25, -0.2) is 0 Å². The standard InChI is InChI=1S/C25H29N5O4/c1-25(2,3)24-28-23(34-29-24)20-7-5-4-6-19(20)22(32)27-18-10-8-17(9-11-18)26-21(31)16-30-12-14-33-15-13-30/h4-11H,12-16H2,1-3H3,(H,26,31)(H,27,32). The summed E-state index contributed by atoms with van der Waals surface area (Å²) in [6.45, 7) is 9.11. The monoisotopic (exact) mass is 463 g/mol. The van der Waals surface area contributed by atoms with Crippen molar-refractivity contribution in [2.75, 3.05) is 43.5 Å². The highest BCUT2D eigenvalue weighted by Crippen LogP contribution is 2.27. The number of nitrogens with one attached hydrogen (secondary N) is 2. The van der Waals surface area contributed by atoms with Crippen LogP contribution in [0, 0.1) is 0 Å². The molecule has 0 spiro atoms. The number of aromatic nitrogens is 2. The summed E-state index contributed by atoms with van der Waals surface area (Å²) in [6.07, 6.45) is 0. The summed E-state index contributed by atoms with van der Waals surface area (Å²) in [6, 6.07) is 14.1. The smallest absolute Gasteiger partial charge is 0.258 e. The molecule has 4 rings (SSSR count). The summed E-state index contributed by atoms with van der Waals surface area (Å²) in [4.78, 5) is 31.8. The van der Waals surface area contributed by atoms with Crippen LogP contribution >= 0.6 is 0 Å². The van der Waals surface area contributed by atoms with Gasteiger partial charge < -0.3 is 19.9 Å². The topological polar surface area (TPSA) is 110 Å². The third-order valence-electron chi connectivity index (χ3n) is 5.40. The minimum Gasteiger partial charge on any atom is -0.379 e. The average Bonchev–Trinajstić information content (AvgIpc) is 3.32. The van der Waals surface area contributed by atoms with E-state index in [0.29, 0.717) is 54.0 Å². The fraction of sp³-hybridized carbons (Fsp3) is 0.360. The van der Waals surface area contributed by atoms with E-state index >= 15 is 0 Å². The van der Waals surface area contributed by atoms with E-state index in [9.17, 15) is 9.59 Å². The van der Waals surface area contributed by atoms with Crippen LogP contribution in [0.1, 0.15) is 37.0 Å². The predicted molar refractivity (Wildman–Crippen MR) is 129 cm³/mol. The first-order valence-corrected chi connectivity index (χ1v) is 11.2. The van der Waals surface area contributed by atoms with Gasteiger partial charge in [0, 0.05) is 29.9 Å². The van der Waals surface area contributed by atoms with Crippen molar-refractivity contribution in [3.05, 3.63) is 59.9 Å². The Morgan fingerprint density at radius 1 is 0.971 bits per heavy atom. The lowest BCUT2D eigenvalue weighted by atomic mass is 9.96. The summed E-state index contributed by atoms with van der Waals surface area (Å²) in [5.74, 6) is 0.495. The first-order valence-electron chi connectivity index (χ1n) is 11.2. The quantitative estimate of drug-likeness (QED) is 0.575. The van der Waals surface area contributed by atoms with E-state index in [0.717, 1.165) is 13.1 Å². The van der Waals surface area contributed by atoms with Gasteiger partial charge >= 0.3 is 0 Å². The number of benzene rings is 2. The zero-order valence-corrected chi connectivity index (χ0v) is 19.6. The van der Waals surface area contributed by atoms with Gasteiger partial charge in [-0.2, -0.15) is 4.98 Å². The molecule has 0 radical (unpaired) electrons. The predicted octanol–water partition coefficient (Wildman–Crippen LogP) is 3.56. The molecule has 1 aromatic heterocycles. The van der Waals surface area contributed by atoms with Crippen LogP contribution in [-0.2, 0) is 14.9 Å². The molecule has 9 heteroatoms. The molecule has 34 heavy (non-hydrogen) atoms. The van der Waals surface area contributed by atoms with Crippen molar-refractivity contribution < 1.29 is 18.8 Å². The van der Waals surface area contributed by atoms with Gasteiger partial charge in [0.05, 0.1) is 30.9 Å². The number of anilines is 2. The van der Waals surface area contributed by atoms with Crippen LogP contribution in [0.3, 0.4) is 0 Å². The number of morpholine rings is 1. The summed E-state index contributed by atoms with van der Waals surface area (Å²) in [5, 5.41) is 9.83. The van der Waals surface area contributed by atoms with Crippen molar-refractivity contribution in [1.82, 2.24) is 15.0 Å². The molecule has 2 amide bonds. The maximum absolute atomic E-state index is 13.0. The number of nitrogens with zero attached hydrogens (tertiary/aromatic N) is 3. The van der Waals surface area contributed by atoms with E-state index in [1.165, 1.54) is 0 Å². The second kappa shape index (κ2) is 10.1. The van der Waals surface area contributed by atoms with Crippen LogP contribution in [0.2, 0.25) is 0 Å². The van der Waals surface area contributed by atoms with Crippen molar-refractivity contribution in [3.63, 3.8) is 0 Å². The zero-order valence-electron chi connectivity index (χ0n) is 19.6. The van der Waals surface area contributed by atoms with E-state index in [-0.39, 0.29) is 17.2 Å². The summed E-state index contributed by atoms with van der Waals surface area (Å²) < 4.78 is 10.7. The number of hydrogen-bond donors (Lipinski definition) is 2. The average molecular weight is 464 g/mol. The van der Waals surface area contributed by atoms with Crippen molar-refractivity contribution in [2.24, 2.45) is 0 Å². The maximum Gasteiger partial charge on any atom is 0.258 e. The Labute approximate surface area is 198 Å². The van der Waals surface area contributed by atoms with Crippen molar-refractivity contribution in [3.8, 4) is 11.5 Å². The van der Waals surface area contributed by atoms with E-state index < -0.39 is 0 Å². The van der Waals surface area contributed by atoms with Crippen molar-refractivity contribution in [2.45, 2.75) is 26.2 Å². The van der Waals surface area contributed by atoms with Crippen LogP contribution in [0.25, 0.3) is 11.5 Å². The van der Waals surface area contributed by atoms with Crippen LogP contribution in [0.5, 0.6) is 0 Å². The Morgan fingerprint density at radius 3 is 2.26 bits per heavy atom. The molecular formula is C25H29N5O4. The normalized spacial score (nSPS) is 14.6. The number of hydrogen-bond acceptors (Lipinski definition) is 7. The third kappa shape index (κ3) is 5.86. The first kappa shape index (κ1) is 23.6. The van der Waals surface area contributed by atoms with Crippen molar-refractivity contribution in [1.29, 1.82) is 0 Å². The fourth-order valence-electron chi connectivity index (χ4n) is 3.50. The lowest BCUT2D eigenvalue weighted by Gasteiger charge is -2.25. The molecule has 0 atom stereocenters. The molecule has 3 aromatic rings. The molecular weight excluding hydrogens is 434 g/mol. The lowest BCUT2D eigenvalue weighted by Crippen LogP contribution is -2.41. The van der Waals surface area contributed by atoms with Gasteiger partial charge in [-0.05, 0) is 36.4 Å². The number of rotatable bonds is 6. The number of ether oxygens (including phenoxy) is 1. The highest BCUT2D eigenvalue weighted by Gasteiger charge is 2.23. The van der Waals surface area contributed by atoms with Crippen LogP contribution < -0.4 is 10.6 Å². The molecule has 0 aliphatic carbocycles. The Balaban J connectivity index is 1.40. The second-order valence-corrected chi connectivity index (χ2v) is 9.19. The van der Waals surface area contributed by atoms with Gasteiger partial charge in [0.15, 0.2) is 5.82 Å². The Hall–Kier alpha value is -3.56. The minimum atomic E-state index is -0.296. The molecule has 1 saturated heterocycles. The SMILES string of the molecule is CC(C)(C)c1noc(-c2ccccc2C(=O)Nc2ccc(NC(=O)CN3CCOCC3)cc2)n1. The van der Waals surface area contributed by atoms with Gasteiger partial charge in [-0.1, -0.05) is 38.1 Å². The molecule has 2 heterocycles. The van der Waals surface area contributed by atoms with Crippen molar-refractivity contribution >= 4 is 23.2 Å². The van der Waals surface area contributed by atoms with E-state index in [1.807, 2.05) is 26.8 Å². The number of carbonyl (C=O) groups is 2. The van der Waals surface area contributed by atoms with E-state index in [1.54, 1.807) is 42.5 Å². The first-order chi connectivity index (χ1) is 16.3. The van der Waals surface area contributed by atoms with E-state index in [2.05, 4.69) is 25.7 Å². The van der Waals surface area contributed by atoms with Gasteiger partial charge in [-0.3, -0.25) is 14.5 Å². The molecule has 9 nitrogen and oxygen atoms in total. The fourth-order valence-corrected chi connectivity index (χ4v) is 3.50. The van der Waals surface area contributed by atoms with Gasteiger partial charge in [0.1, 0.15) is 0 Å². The molecule has 2 N–H and O–H groups in total. The maximum atomic E-state index is 13.0. The van der Waals surface area contributed by atoms with E-state index in [4.69, 9.17) is 9.26 Å².